The Kier molecular flexibility index (Phi) is 3.56. The molecule has 0 aromatic heterocycles. The molecule has 0 aliphatic carbocycles. The van der Waals surface area contributed by atoms with Gasteiger partial charge in [0.25, 0.3) is 0 Å². The van der Waals surface area contributed by atoms with E-state index in [1.54, 1.807) is 0 Å². The second kappa shape index (κ2) is 4.17. The molecule has 0 aliphatic heterocycles. The molecule has 0 amide bonds. The van der Waals surface area contributed by atoms with Crippen LogP contribution in [0.25, 0.3) is 0 Å². The van der Waals surface area contributed by atoms with E-state index in [1.807, 2.05) is 0 Å². The van der Waals surface area contributed by atoms with Crippen LogP contribution in [0.15, 0.2) is 18.2 Å². The van der Waals surface area contributed by atoms with E-state index in [0.29, 0.717) is 0 Å². The summed E-state index contributed by atoms with van der Waals surface area (Å²) >= 11 is 16.3. The predicted molar refractivity (Wildman–Crippen MR) is 51.1 cm³/mol. The summed E-state index contributed by atoms with van der Waals surface area (Å²) in [6.45, 7) is 0. The van der Waals surface area contributed by atoms with Crippen LogP contribution in [0.5, 0.6) is 0 Å². The zero-order valence-electron chi connectivity index (χ0n) is 6.58. The normalized spacial score (nSPS) is 14.1. The van der Waals surface area contributed by atoms with E-state index in [-0.39, 0.29) is 15.6 Å². The summed E-state index contributed by atoms with van der Waals surface area (Å²) in [4.78, 5) is 0. The van der Waals surface area contributed by atoms with E-state index in [2.05, 4.69) is 0 Å². The minimum atomic E-state index is -4.49. The van der Waals surface area contributed by atoms with Gasteiger partial charge in [-0.25, -0.2) is 0 Å². The smallest absolute Gasteiger partial charge is 0.169 e. The van der Waals surface area contributed by atoms with Gasteiger partial charge in [-0.3, -0.25) is 0 Å². The Labute approximate surface area is 93.6 Å². The van der Waals surface area contributed by atoms with Gasteiger partial charge < -0.3 is 0 Å². The van der Waals surface area contributed by atoms with Gasteiger partial charge in [-0.15, -0.1) is 11.6 Å². The first kappa shape index (κ1) is 12.0. The molecule has 0 bridgehead atoms. The Morgan fingerprint density at radius 3 is 2.07 bits per heavy atom. The lowest BCUT2D eigenvalue weighted by Gasteiger charge is -2.14. The second-order valence-electron chi connectivity index (χ2n) is 2.58. The highest BCUT2D eigenvalue weighted by Gasteiger charge is 2.39. The van der Waals surface area contributed by atoms with Crippen LogP contribution in [0.4, 0.5) is 13.2 Å². The van der Waals surface area contributed by atoms with Crippen molar-refractivity contribution in [2.75, 3.05) is 0 Å². The monoisotopic (exact) mass is 262 g/mol. The van der Waals surface area contributed by atoms with E-state index in [1.165, 1.54) is 12.1 Å². The molecule has 0 aliphatic rings. The molecule has 1 aromatic rings. The fourth-order valence-corrected chi connectivity index (χ4v) is 1.30. The van der Waals surface area contributed by atoms with E-state index in [0.717, 1.165) is 6.07 Å². The van der Waals surface area contributed by atoms with Crippen LogP contribution in [-0.4, -0.2) is 6.18 Å². The Morgan fingerprint density at radius 1 is 1.07 bits per heavy atom. The average molecular weight is 263 g/mol. The third-order valence-electron chi connectivity index (χ3n) is 1.52. The highest BCUT2D eigenvalue weighted by atomic mass is 35.5. The highest BCUT2D eigenvalue weighted by molar-refractivity contribution is 6.42. The van der Waals surface area contributed by atoms with Gasteiger partial charge in [-0.2, -0.15) is 13.2 Å². The first-order valence-electron chi connectivity index (χ1n) is 3.48. The van der Waals surface area contributed by atoms with Crippen molar-refractivity contribution in [1.29, 1.82) is 0 Å². The number of halogens is 6. The zero-order valence-corrected chi connectivity index (χ0v) is 8.84. The lowest BCUT2D eigenvalue weighted by Crippen LogP contribution is -2.15. The molecule has 0 heterocycles. The van der Waals surface area contributed by atoms with Crippen molar-refractivity contribution in [3.8, 4) is 0 Å². The van der Waals surface area contributed by atoms with E-state index >= 15 is 0 Å². The Hall–Kier alpha value is -0.120. The van der Waals surface area contributed by atoms with Crippen molar-refractivity contribution < 1.29 is 13.2 Å². The largest absolute Gasteiger partial charge is 0.408 e. The van der Waals surface area contributed by atoms with E-state index in [9.17, 15) is 13.2 Å². The SMILES string of the molecule is FC(F)(F)C(Cl)c1ccc(Cl)c(Cl)c1. The molecule has 0 saturated heterocycles. The van der Waals surface area contributed by atoms with Gasteiger partial charge in [0.1, 0.15) is 0 Å². The standard InChI is InChI=1S/C8H4Cl3F3/c9-5-2-1-4(3-6(5)10)7(11)8(12,13)14/h1-3,7H. The Balaban J connectivity index is 3.03. The summed E-state index contributed by atoms with van der Waals surface area (Å²) in [5, 5.41) is -1.81. The molecule has 0 fully saturated rings. The van der Waals surface area contributed by atoms with Gasteiger partial charge >= 0.3 is 6.18 Å². The van der Waals surface area contributed by atoms with Crippen molar-refractivity contribution in [3.05, 3.63) is 33.8 Å². The van der Waals surface area contributed by atoms with Gasteiger partial charge in [-0.05, 0) is 17.7 Å². The van der Waals surface area contributed by atoms with Gasteiger partial charge in [0, 0.05) is 0 Å². The van der Waals surface area contributed by atoms with Crippen LogP contribution in [0.1, 0.15) is 10.9 Å². The third-order valence-corrected chi connectivity index (χ3v) is 2.76. The molecule has 1 atom stereocenters. The number of hydrogen-bond acceptors (Lipinski definition) is 0. The van der Waals surface area contributed by atoms with Crippen molar-refractivity contribution in [2.24, 2.45) is 0 Å². The van der Waals surface area contributed by atoms with Crippen LogP contribution in [0, 0.1) is 0 Å². The molecular weight excluding hydrogens is 259 g/mol. The topological polar surface area (TPSA) is 0 Å². The molecule has 6 heteroatoms. The van der Waals surface area contributed by atoms with Crippen molar-refractivity contribution in [3.63, 3.8) is 0 Å². The lowest BCUT2D eigenvalue weighted by atomic mass is 10.1. The summed E-state index contributed by atoms with van der Waals surface area (Å²) in [7, 11) is 0. The quantitative estimate of drug-likeness (QED) is 0.636. The summed E-state index contributed by atoms with van der Waals surface area (Å²) in [5.74, 6) is 0. The van der Waals surface area contributed by atoms with Gasteiger partial charge in [0.2, 0.25) is 0 Å². The van der Waals surface area contributed by atoms with Crippen molar-refractivity contribution >= 4 is 34.8 Å². The summed E-state index contributed by atoms with van der Waals surface area (Å²) in [6.07, 6.45) is -4.49. The van der Waals surface area contributed by atoms with Crippen molar-refractivity contribution in [1.82, 2.24) is 0 Å². The van der Waals surface area contributed by atoms with Gasteiger partial charge in [0.15, 0.2) is 5.38 Å². The maximum Gasteiger partial charge on any atom is 0.408 e. The second-order valence-corrected chi connectivity index (χ2v) is 3.83. The molecular formula is C8H4Cl3F3. The highest BCUT2D eigenvalue weighted by Crippen LogP contribution is 2.39. The van der Waals surface area contributed by atoms with Crippen LogP contribution < -0.4 is 0 Å². The van der Waals surface area contributed by atoms with Crippen LogP contribution >= 0.6 is 34.8 Å². The van der Waals surface area contributed by atoms with Crippen molar-refractivity contribution in [2.45, 2.75) is 11.6 Å². The summed E-state index contributed by atoms with van der Waals surface area (Å²) in [6, 6.07) is 3.58. The average Bonchev–Trinajstić information content (AvgIpc) is 2.07. The number of rotatable bonds is 1. The molecule has 1 unspecified atom stereocenters. The number of benzene rings is 1. The summed E-state index contributed by atoms with van der Waals surface area (Å²) in [5.41, 5.74) is -0.117. The minimum Gasteiger partial charge on any atom is -0.169 e. The molecule has 0 spiro atoms. The van der Waals surface area contributed by atoms with Crippen LogP contribution in [-0.2, 0) is 0 Å². The molecule has 0 saturated carbocycles. The fraction of sp³-hybridized carbons (Fsp3) is 0.250. The third kappa shape index (κ3) is 2.69. The van der Waals surface area contributed by atoms with Crippen LogP contribution in [0.3, 0.4) is 0 Å². The van der Waals surface area contributed by atoms with E-state index in [4.69, 9.17) is 34.8 Å². The molecule has 1 aromatic carbocycles. The Morgan fingerprint density at radius 2 is 1.64 bits per heavy atom. The Bertz CT molecular complexity index is 335. The minimum absolute atomic E-state index is 0.0547. The molecule has 0 N–H and O–H groups in total. The van der Waals surface area contributed by atoms with Crippen LogP contribution in [0.2, 0.25) is 10.0 Å². The first-order chi connectivity index (χ1) is 6.32. The fourth-order valence-electron chi connectivity index (χ4n) is 0.859. The maximum atomic E-state index is 12.2. The molecule has 0 radical (unpaired) electrons. The molecule has 78 valence electrons. The van der Waals surface area contributed by atoms with E-state index < -0.39 is 11.6 Å². The first-order valence-corrected chi connectivity index (χ1v) is 4.67. The lowest BCUT2D eigenvalue weighted by molar-refractivity contribution is -0.131. The zero-order chi connectivity index (χ0) is 10.9. The number of alkyl halides is 4. The molecule has 1 rings (SSSR count). The summed E-state index contributed by atoms with van der Waals surface area (Å²) < 4.78 is 36.5. The van der Waals surface area contributed by atoms with Gasteiger partial charge in [0.05, 0.1) is 10.0 Å². The molecule has 0 nitrogen and oxygen atoms in total. The number of hydrogen-bond donors (Lipinski definition) is 0. The van der Waals surface area contributed by atoms with Gasteiger partial charge in [-0.1, -0.05) is 29.3 Å². The maximum absolute atomic E-state index is 12.2. The predicted octanol–water partition coefficient (Wildman–Crippen LogP) is 4.84. The molecule has 14 heavy (non-hydrogen) atoms.